The first-order chi connectivity index (χ1) is 13.7. The molecule has 2 N–H and O–H groups in total. The lowest BCUT2D eigenvalue weighted by Crippen LogP contribution is -2.34. The molecule has 148 valence electrons. The topological polar surface area (TPSA) is 70.2 Å². The summed E-state index contributed by atoms with van der Waals surface area (Å²) in [6.45, 7) is 4.01. The first-order valence-corrected chi connectivity index (χ1v) is 10.4. The maximum Gasteiger partial charge on any atom is 0.224 e. The minimum absolute atomic E-state index is 0.111. The van der Waals surface area contributed by atoms with Crippen molar-refractivity contribution in [1.29, 1.82) is 0 Å². The summed E-state index contributed by atoms with van der Waals surface area (Å²) in [6.07, 6.45) is 7.87. The highest BCUT2D eigenvalue weighted by Crippen LogP contribution is 2.28. The Morgan fingerprint density at radius 3 is 2.71 bits per heavy atom. The van der Waals surface area contributed by atoms with Crippen LogP contribution < -0.4 is 15.5 Å². The van der Waals surface area contributed by atoms with Crippen LogP contribution in [0.5, 0.6) is 0 Å². The molecule has 2 fully saturated rings. The molecule has 1 amide bonds. The van der Waals surface area contributed by atoms with E-state index in [0.29, 0.717) is 18.4 Å². The molecule has 1 aliphatic heterocycles. The van der Waals surface area contributed by atoms with E-state index in [1.807, 2.05) is 31.2 Å². The molecule has 0 bridgehead atoms. The number of anilines is 3. The van der Waals surface area contributed by atoms with E-state index in [4.69, 9.17) is 0 Å². The fraction of sp³-hybridized carbons (Fsp3) is 0.500. The predicted octanol–water partition coefficient (Wildman–Crippen LogP) is 3.99. The highest BCUT2D eigenvalue weighted by molar-refractivity contribution is 5.90. The Labute approximate surface area is 166 Å². The van der Waals surface area contributed by atoms with E-state index < -0.39 is 0 Å². The fourth-order valence-corrected chi connectivity index (χ4v) is 3.77. The molecule has 1 saturated heterocycles. The molecule has 0 radical (unpaired) electrons. The predicted molar refractivity (Wildman–Crippen MR) is 113 cm³/mol. The molecule has 0 unspecified atom stereocenters. The van der Waals surface area contributed by atoms with Crippen molar-refractivity contribution < 1.29 is 4.79 Å². The lowest BCUT2D eigenvalue weighted by Gasteiger charge is -2.32. The van der Waals surface area contributed by atoms with Gasteiger partial charge in [-0.3, -0.25) is 4.79 Å². The molecular formula is C22H29N5O. The molecule has 2 aliphatic rings. The Morgan fingerprint density at radius 2 is 1.96 bits per heavy atom. The van der Waals surface area contributed by atoms with Gasteiger partial charge in [0.05, 0.1) is 0 Å². The van der Waals surface area contributed by atoms with Crippen molar-refractivity contribution in [2.75, 3.05) is 28.6 Å². The number of aromatic nitrogens is 2. The molecule has 1 aromatic carbocycles. The van der Waals surface area contributed by atoms with E-state index in [1.54, 1.807) is 6.33 Å². The fourth-order valence-electron chi connectivity index (χ4n) is 3.77. The third kappa shape index (κ3) is 5.21. The number of aryl methyl sites for hydroxylation is 1. The monoisotopic (exact) mass is 379 g/mol. The first kappa shape index (κ1) is 18.7. The Balaban J connectivity index is 1.21. The van der Waals surface area contributed by atoms with Crippen LogP contribution in [0.2, 0.25) is 0 Å². The summed E-state index contributed by atoms with van der Waals surface area (Å²) in [5.74, 6) is 2.65. The SMILES string of the molecule is Cc1cccc(NC(=O)CCC2CCN(c3cc(NC4CC4)ncn3)CC2)c1. The average molecular weight is 380 g/mol. The minimum Gasteiger partial charge on any atom is -0.367 e. The summed E-state index contributed by atoms with van der Waals surface area (Å²) in [5.41, 5.74) is 2.05. The van der Waals surface area contributed by atoms with Crippen LogP contribution in [-0.2, 0) is 4.79 Å². The molecule has 6 heteroatoms. The molecular weight excluding hydrogens is 350 g/mol. The van der Waals surface area contributed by atoms with E-state index in [-0.39, 0.29) is 5.91 Å². The normalized spacial score (nSPS) is 17.4. The highest BCUT2D eigenvalue weighted by atomic mass is 16.1. The van der Waals surface area contributed by atoms with Crippen LogP contribution in [0.25, 0.3) is 0 Å². The van der Waals surface area contributed by atoms with Crippen LogP contribution in [-0.4, -0.2) is 35.0 Å². The zero-order valence-electron chi connectivity index (χ0n) is 16.5. The maximum absolute atomic E-state index is 12.2. The quantitative estimate of drug-likeness (QED) is 0.761. The summed E-state index contributed by atoms with van der Waals surface area (Å²) in [6, 6.07) is 10.6. The number of piperidine rings is 1. The third-order valence-electron chi connectivity index (χ3n) is 5.60. The van der Waals surface area contributed by atoms with Crippen molar-refractivity contribution in [3.63, 3.8) is 0 Å². The van der Waals surface area contributed by atoms with E-state index in [1.165, 1.54) is 12.8 Å². The lowest BCUT2D eigenvalue weighted by atomic mass is 9.92. The van der Waals surface area contributed by atoms with Gasteiger partial charge in [0.15, 0.2) is 0 Å². The van der Waals surface area contributed by atoms with E-state index >= 15 is 0 Å². The Bertz CT molecular complexity index is 812. The van der Waals surface area contributed by atoms with Gasteiger partial charge in [0, 0.05) is 37.3 Å². The van der Waals surface area contributed by atoms with Gasteiger partial charge in [0.1, 0.15) is 18.0 Å². The number of hydrogen-bond donors (Lipinski definition) is 2. The van der Waals surface area contributed by atoms with Gasteiger partial charge >= 0.3 is 0 Å². The van der Waals surface area contributed by atoms with E-state index in [9.17, 15) is 4.79 Å². The molecule has 0 spiro atoms. The van der Waals surface area contributed by atoms with Crippen LogP contribution >= 0.6 is 0 Å². The van der Waals surface area contributed by atoms with Crippen LogP contribution in [0, 0.1) is 12.8 Å². The van der Waals surface area contributed by atoms with Gasteiger partial charge < -0.3 is 15.5 Å². The molecule has 6 nitrogen and oxygen atoms in total. The van der Waals surface area contributed by atoms with Gasteiger partial charge in [-0.25, -0.2) is 9.97 Å². The number of nitrogens with one attached hydrogen (secondary N) is 2. The summed E-state index contributed by atoms with van der Waals surface area (Å²) in [7, 11) is 0. The number of carbonyl (C=O) groups is 1. The molecule has 2 heterocycles. The van der Waals surface area contributed by atoms with Crippen LogP contribution in [0.15, 0.2) is 36.7 Å². The van der Waals surface area contributed by atoms with E-state index in [0.717, 1.165) is 55.2 Å². The summed E-state index contributed by atoms with van der Waals surface area (Å²) in [4.78, 5) is 23.4. The van der Waals surface area contributed by atoms with Crippen LogP contribution in [0.1, 0.15) is 44.1 Å². The highest BCUT2D eigenvalue weighted by Gasteiger charge is 2.23. The lowest BCUT2D eigenvalue weighted by molar-refractivity contribution is -0.116. The third-order valence-corrected chi connectivity index (χ3v) is 5.60. The van der Waals surface area contributed by atoms with Gasteiger partial charge in [-0.2, -0.15) is 0 Å². The molecule has 1 saturated carbocycles. The Kier molecular flexibility index (Phi) is 5.74. The van der Waals surface area contributed by atoms with Crippen LogP contribution in [0.4, 0.5) is 17.3 Å². The van der Waals surface area contributed by atoms with Gasteiger partial charge in [-0.1, -0.05) is 12.1 Å². The zero-order chi connectivity index (χ0) is 19.3. The van der Waals surface area contributed by atoms with Crippen molar-refractivity contribution in [3.05, 3.63) is 42.2 Å². The Hall–Kier alpha value is -2.63. The van der Waals surface area contributed by atoms with Crippen LogP contribution in [0.3, 0.4) is 0 Å². The summed E-state index contributed by atoms with van der Waals surface area (Å²) in [5, 5.41) is 6.45. The van der Waals surface area contributed by atoms with Gasteiger partial charge in [-0.15, -0.1) is 0 Å². The minimum atomic E-state index is 0.111. The second-order valence-corrected chi connectivity index (χ2v) is 8.07. The molecule has 0 atom stereocenters. The molecule has 1 aliphatic carbocycles. The number of carbonyl (C=O) groups excluding carboxylic acids is 1. The van der Waals surface area contributed by atoms with Gasteiger partial charge in [-0.05, 0) is 62.6 Å². The molecule has 2 aromatic rings. The first-order valence-electron chi connectivity index (χ1n) is 10.4. The van der Waals surface area contributed by atoms with Crippen molar-refractivity contribution in [2.45, 2.75) is 51.5 Å². The average Bonchev–Trinajstić information content (AvgIpc) is 3.51. The van der Waals surface area contributed by atoms with Crippen molar-refractivity contribution in [2.24, 2.45) is 5.92 Å². The number of nitrogens with zero attached hydrogens (tertiary/aromatic N) is 3. The van der Waals surface area contributed by atoms with Gasteiger partial charge in [0.2, 0.25) is 5.91 Å². The van der Waals surface area contributed by atoms with Gasteiger partial charge in [0.25, 0.3) is 0 Å². The van der Waals surface area contributed by atoms with Crippen molar-refractivity contribution >= 4 is 23.2 Å². The smallest absolute Gasteiger partial charge is 0.224 e. The zero-order valence-corrected chi connectivity index (χ0v) is 16.5. The second-order valence-electron chi connectivity index (χ2n) is 8.07. The molecule has 28 heavy (non-hydrogen) atoms. The second kappa shape index (κ2) is 8.59. The Morgan fingerprint density at radius 1 is 1.14 bits per heavy atom. The maximum atomic E-state index is 12.2. The standard InChI is InChI=1S/C22H29N5O/c1-16-3-2-4-19(13-16)26-22(28)8-5-17-9-11-27(12-10-17)21-14-20(23-15-24-21)25-18-6-7-18/h2-4,13-15,17-18H,5-12H2,1H3,(H,26,28)(H,23,24,25). The molecule has 4 rings (SSSR count). The summed E-state index contributed by atoms with van der Waals surface area (Å²) < 4.78 is 0. The van der Waals surface area contributed by atoms with Crippen molar-refractivity contribution in [1.82, 2.24) is 9.97 Å². The summed E-state index contributed by atoms with van der Waals surface area (Å²) >= 11 is 0. The largest absolute Gasteiger partial charge is 0.367 e. The number of rotatable bonds is 7. The number of benzene rings is 1. The number of hydrogen-bond acceptors (Lipinski definition) is 5. The number of amides is 1. The molecule has 1 aromatic heterocycles. The van der Waals surface area contributed by atoms with Crippen molar-refractivity contribution in [3.8, 4) is 0 Å². The van der Waals surface area contributed by atoms with E-state index in [2.05, 4.69) is 31.6 Å².